The van der Waals surface area contributed by atoms with Gasteiger partial charge in [-0.3, -0.25) is 24.0 Å². The Balaban J connectivity index is 1.40. The third-order valence-corrected chi connectivity index (χ3v) is 14.2. The third kappa shape index (κ3) is 7.70. The Morgan fingerprint density at radius 2 is 1.44 bits per heavy atom. The van der Waals surface area contributed by atoms with E-state index in [9.17, 15) is 34.2 Å². The van der Waals surface area contributed by atoms with Crippen LogP contribution in [0, 0.1) is 22.7 Å². The molecule has 14 nitrogen and oxygen atoms in total. The van der Waals surface area contributed by atoms with E-state index in [2.05, 4.69) is 5.32 Å². The van der Waals surface area contributed by atoms with E-state index in [-0.39, 0.29) is 30.6 Å². The highest BCUT2D eigenvalue weighted by Gasteiger charge is 2.77. The molecule has 334 valence electrons. The second-order valence-corrected chi connectivity index (χ2v) is 18.0. The molecule has 63 heavy (non-hydrogen) atoms. The van der Waals surface area contributed by atoms with Gasteiger partial charge in [-0.15, -0.1) is 0 Å². The smallest absolute Gasteiger partial charge is 0.338 e. The summed E-state index contributed by atoms with van der Waals surface area (Å²) >= 11 is 0. The number of benzene rings is 3. The van der Waals surface area contributed by atoms with Gasteiger partial charge in [0.1, 0.15) is 12.2 Å². The molecule has 7 rings (SSSR count). The summed E-state index contributed by atoms with van der Waals surface area (Å²) in [5.74, 6) is -6.73. The lowest BCUT2D eigenvalue weighted by atomic mass is 9.42. The van der Waals surface area contributed by atoms with Gasteiger partial charge < -0.3 is 39.2 Å². The summed E-state index contributed by atoms with van der Waals surface area (Å²) in [7, 11) is 1.30. The van der Waals surface area contributed by atoms with Crippen LogP contribution in [0.25, 0.3) is 0 Å². The lowest BCUT2D eigenvalue weighted by molar-refractivity contribution is -0.339. The lowest BCUT2D eigenvalue weighted by Gasteiger charge is -2.68. The summed E-state index contributed by atoms with van der Waals surface area (Å²) in [6.07, 6.45) is -7.82. The Hall–Kier alpha value is -5.54. The first-order chi connectivity index (χ1) is 29.8. The fourth-order valence-electron chi connectivity index (χ4n) is 11.0. The molecule has 3 N–H and O–H groups in total. The first-order valence-corrected chi connectivity index (χ1v) is 21.2. The van der Waals surface area contributed by atoms with E-state index in [1.54, 1.807) is 112 Å². The second kappa shape index (κ2) is 17.2. The molecule has 0 spiro atoms. The molecular weight excluding hydrogens is 811 g/mol. The summed E-state index contributed by atoms with van der Waals surface area (Å²) < 4.78 is 30.2. The third-order valence-electron chi connectivity index (χ3n) is 14.2. The van der Waals surface area contributed by atoms with E-state index < -0.39 is 112 Å². The van der Waals surface area contributed by atoms with Crippen LogP contribution in [-0.4, -0.2) is 101 Å². The number of amides is 1. The summed E-state index contributed by atoms with van der Waals surface area (Å²) in [5.41, 5.74) is -5.59. The normalized spacial score (nSPS) is 31.6. The van der Waals surface area contributed by atoms with Gasteiger partial charge >= 0.3 is 17.9 Å². The van der Waals surface area contributed by atoms with Crippen molar-refractivity contribution in [1.82, 2.24) is 5.32 Å². The van der Waals surface area contributed by atoms with Crippen LogP contribution in [0.1, 0.15) is 93.1 Å². The Labute approximate surface area is 366 Å². The average Bonchev–Trinajstić information content (AvgIpc) is 3.25. The molecule has 3 aromatic carbocycles. The number of Topliss-reactive ketones (excluding diaryl/α,β-unsaturated/α-hetero) is 2. The van der Waals surface area contributed by atoms with Crippen molar-refractivity contribution >= 4 is 35.4 Å². The number of fused-ring (bicyclic) bond motifs is 5. The molecule has 1 heterocycles. The van der Waals surface area contributed by atoms with Crippen molar-refractivity contribution < 1.29 is 62.7 Å². The van der Waals surface area contributed by atoms with Crippen LogP contribution < -0.4 is 5.32 Å². The minimum atomic E-state index is -2.13. The zero-order valence-corrected chi connectivity index (χ0v) is 36.5. The zero-order valence-electron chi connectivity index (χ0n) is 36.5. The molecule has 2 saturated carbocycles. The Morgan fingerprint density at radius 1 is 0.857 bits per heavy atom. The highest BCUT2D eigenvalue weighted by Crippen LogP contribution is 2.66. The van der Waals surface area contributed by atoms with Gasteiger partial charge in [0.05, 0.1) is 29.8 Å². The number of methoxy groups -OCH3 is 1. The molecule has 14 heteroatoms. The summed E-state index contributed by atoms with van der Waals surface area (Å²) in [5, 5.41) is 29.0. The number of nitrogens with one attached hydrogen (secondary N) is 1. The molecule has 3 fully saturated rings. The predicted octanol–water partition coefficient (Wildman–Crippen LogP) is 5.05. The predicted molar refractivity (Wildman–Crippen MR) is 226 cm³/mol. The summed E-state index contributed by atoms with van der Waals surface area (Å²) in [6, 6.07) is 24.5. The first-order valence-electron chi connectivity index (χ1n) is 21.2. The van der Waals surface area contributed by atoms with Crippen molar-refractivity contribution in [2.45, 2.75) is 109 Å². The van der Waals surface area contributed by atoms with Crippen molar-refractivity contribution in [3.63, 3.8) is 0 Å². The highest BCUT2D eigenvalue weighted by atomic mass is 16.6. The maximum absolute atomic E-state index is 15.6. The molecule has 1 saturated heterocycles. The van der Waals surface area contributed by atoms with Gasteiger partial charge in [0.25, 0.3) is 5.91 Å². The van der Waals surface area contributed by atoms with E-state index in [1.807, 2.05) is 0 Å². The molecule has 11 atom stereocenters. The number of rotatable bonds is 12. The van der Waals surface area contributed by atoms with E-state index in [4.69, 9.17) is 23.7 Å². The van der Waals surface area contributed by atoms with Crippen LogP contribution in [0.5, 0.6) is 0 Å². The van der Waals surface area contributed by atoms with Gasteiger partial charge in [0.15, 0.2) is 29.4 Å². The van der Waals surface area contributed by atoms with Crippen molar-refractivity contribution in [2.75, 3.05) is 13.7 Å². The van der Waals surface area contributed by atoms with E-state index in [0.717, 1.165) is 6.92 Å². The van der Waals surface area contributed by atoms with Gasteiger partial charge in [-0.05, 0) is 42.7 Å². The van der Waals surface area contributed by atoms with Crippen molar-refractivity contribution in [2.24, 2.45) is 22.7 Å². The number of ether oxygens (including phenoxy) is 5. The number of aliphatic hydroxyl groups is 2. The number of ketones is 2. The topological polar surface area (TPSA) is 201 Å². The average molecular weight is 866 g/mol. The van der Waals surface area contributed by atoms with E-state index in [0.29, 0.717) is 16.7 Å². The molecular formula is C49H55NO13. The molecule has 1 unspecified atom stereocenters. The Bertz CT molecular complexity index is 2300. The Morgan fingerprint density at radius 3 is 1.98 bits per heavy atom. The van der Waals surface area contributed by atoms with Gasteiger partial charge in [-0.25, -0.2) is 4.79 Å². The first kappa shape index (κ1) is 45.5. The maximum Gasteiger partial charge on any atom is 0.338 e. The van der Waals surface area contributed by atoms with Crippen LogP contribution in [0.4, 0.5) is 0 Å². The van der Waals surface area contributed by atoms with Crippen molar-refractivity contribution in [1.29, 1.82) is 0 Å². The molecule has 4 aliphatic rings. The largest absolute Gasteiger partial charge is 0.456 e. The van der Waals surface area contributed by atoms with Crippen LogP contribution in [0.2, 0.25) is 0 Å². The van der Waals surface area contributed by atoms with Crippen LogP contribution in [0.3, 0.4) is 0 Å². The zero-order chi connectivity index (χ0) is 45.6. The van der Waals surface area contributed by atoms with E-state index in [1.165, 1.54) is 21.0 Å². The molecule has 1 aliphatic heterocycles. The second-order valence-electron chi connectivity index (χ2n) is 18.0. The quantitative estimate of drug-likeness (QED) is 0.0946. The molecule has 0 aromatic heterocycles. The lowest BCUT2D eigenvalue weighted by Crippen LogP contribution is -2.80. The fourth-order valence-corrected chi connectivity index (χ4v) is 11.0. The van der Waals surface area contributed by atoms with Crippen LogP contribution in [-0.2, 0) is 42.9 Å². The minimum Gasteiger partial charge on any atom is -0.456 e. The number of esters is 3. The van der Waals surface area contributed by atoms with E-state index >= 15 is 4.79 Å². The van der Waals surface area contributed by atoms with Gasteiger partial charge in [0, 0.05) is 68.6 Å². The van der Waals surface area contributed by atoms with Gasteiger partial charge in [-0.2, -0.15) is 0 Å². The van der Waals surface area contributed by atoms with Gasteiger partial charge in [0.2, 0.25) is 0 Å². The van der Waals surface area contributed by atoms with Crippen LogP contribution in [0.15, 0.2) is 102 Å². The number of hydrogen-bond acceptors (Lipinski definition) is 13. The minimum absolute atomic E-state index is 0.123. The molecule has 3 aliphatic carbocycles. The highest BCUT2D eigenvalue weighted by molar-refractivity contribution is 5.98. The molecule has 0 radical (unpaired) electrons. The molecule has 3 aromatic rings. The number of aliphatic hydroxyl groups excluding tert-OH is 1. The maximum atomic E-state index is 15.6. The molecule has 1 amide bonds. The van der Waals surface area contributed by atoms with Gasteiger partial charge in [-0.1, -0.05) is 92.7 Å². The summed E-state index contributed by atoms with van der Waals surface area (Å²) in [4.78, 5) is 84.6. The van der Waals surface area contributed by atoms with Crippen molar-refractivity contribution in [3.05, 3.63) is 119 Å². The fraction of sp³-hybridized carbons (Fsp3) is 0.469. The number of carbonyl (C=O) groups is 6. The number of carbonyl (C=O) groups excluding carboxylic acids is 6. The monoisotopic (exact) mass is 865 g/mol. The standard InChI is InChI=1S/C49H55NO13/c1-27-35(62-45(57)41(59-7)39(31-19-13-9-14-20-31)50-44(56)32-21-15-10-16-22-32)25-49(58)33(23-34(53)30-17-11-8-12-18-30)42-47(6,36(54)24-37-48(42,26-60-37)63-29(3)52)43(55)40(61-28(2)51)38(27)46(49,4)5/h8-22,33,35-37,39-42,54,58H,23-26H2,1-7H3,(H,50,56)/t33-,35+,36+,37-,39-,40-,41+,42?,47-,48-,49-/m1/s1. The number of hydrogen-bond donors (Lipinski definition) is 3. The van der Waals surface area contributed by atoms with Crippen LogP contribution >= 0.6 is 0 Å². The summed E-state index contributed by atoms with van der Waals surface area (Å²) in [6.45, 7) is 8.59. The molecule has 2 bridgehead atoms. The Kier molecular flexibility index (Phi) is 12.4. The SMILES string of the molecule is CO[C@H](C(=O)O[C@H]1C[C@@]2(O)[C@H](CC(=O)c3ccccc3)C3[C@@]4(OC(C)=O)CO[C@@H]4C[C@H](O)[C@@]3(C)C(=O)[C@H](OC(C)=O)C(=C1C)C2(C)C)[C@H](NC(=O)c1ccccc1)c1ccccc1. The van der Waals surface area contributed by atoms with Crippen molar-refractivity contribution in [3.8, 4) is 0 Å².